The summed E-state index contributed by atoms with van der Waals surface area (Å²) in [5, 5.41) is 3.54. The maximum absolute atomic E-state index is 12.0. The van der Waals surface area contributed by atoms with Crippen LogP contribution in [-0.4, -0.2) is 51.6 Å². The molecule has 22 heavy (non-hydrogen) atoms. The summed E-state index contributed by atoms with van der Waals surface area (Å²) in [4.78, 5) is 33.9. The van der Waals surface area contributed by atoms with Crippen molar-refractivity contribution in [3.8, 4) is 0 Å². The Labute approximate surface area is 135 Å². The Bertz CT molecular complexity index is 544. The molecular formula is C15H22N4O2S. The van der Waals surface area contributed by atoms with E-state index in [1.54, 1.807) is 0 Å². The van der Waals surface area contributed by atoms with E-state index in [9.17, 15) is 9.59 Å². The number of carbonyl (C=O) groups is 2. The maximum Gasteiger partial charge on any atom is 0.230 e. The van der Waals surface area contributed by atoms with Gasteiger partial charge in [-0.2, -0.15) is 0 Å². The fraction of sp³-hybridized carbons (Fsp3) is 0.600. The van der Waals surface area contributed by atoms with Gasteiger partial charge in [-0.1, -0.05) is 11.8 Å². The molecule has 2 rings (SSSR count). The third-order valence-electron chi connectivity index (χ3n) is 3.37. The number of rotatable bonds is 6. The second kappa shape index (κ2) is 7.58. The largest absolute Gasteiger partial charge is 0.351 e. The summed E-state index contributed by atoms with van der Waals surface area (Å²) in [6, 6.07) is 1.86. The van der Waals surface area contributed by atoms with Crippen LogP contribution < -0.4 is 5.32 Å². The van der Waals surface area contributed by atoms with Gasteiger partial charge in [-0.05, 0) is 33.3 Å². The minimum atomic E-state index is -0.0631. The van der Waals surface area contributed by atoms with Gasteiger partial charge in [0.2, 0.25) is 11.8 Å². The van der Waals surface area contributed by atoms with Crippen molar-refractivity contribution < 1.29 is 9.59 Å². The normalized spacial score (nSPS) is 16.0. The van der Waals surface area contributed by atoms with E-state index in [1.165, 1.54) is 11.8 Å². The van der Waals surface area contributed by atoms with Crippen molar-refractivity contribution in [3.63, 3.8) is 0 Å². The molecule has 0 radical (unpaired) electrons. The molecule has 1 atom stereocenters. The Morgan fingerprint density at radius 1 is 1.41 bits per heavy atom. The van der Waals surface area contributed by atoms with Crippen LogP contribution in [0.4, 0.5) is 0 Å². The number of nitrogens with one attached hydrogen (secondary N) is 1. The van der Waals surface area contributed by atoms with E-state index in [4.69, 9.17) is 0 Å². The molecule has 1 saturated heterocycles. The fourth-order valence-corrected chi connectivity index (χ4v) is 3.24. The molecule has 1 aromatic rings. The summed E-state index contributed by atoms with van der Waals surface area (Å²) in [5.74, 6) is 0.396. The average Bonchev–Trinajstić information content (AvgIpc) is 2.81. The van der Waals surface area contributed by atoms with E-state index in [-0.39, 0.29) is 23.6 Å². The van der Waals surface area contributed by atoms with Crippen LogP contribution in [0.3, 0.4) is 0 Å². The van der Waals surface area contributed by atoms with Gasteiger partial charge in [0.05, 0.1) is 5.75 Å². The van der Waals surface area contributed by atoms with Crippen LogP contribution in [0.25, 0.3) is 0 Å². The third kappa shape index (κ3) is 4.98. The van der Waals surface area contributed by atoms with Crippen LogP contribution >= 0.6 is 11.8 Å². The Morgan fingerprint density at radius 3 is 2.68 bits per heavy atom. The van der Waals surface area contributed by atoms with E-state index in [0.29, 0.717) is 18.1 Å². The van der Waals surface area contributed by atoms with Crippen LogP contribution in [0, 0.1) is 13.8 Å². The number of thioether (sulfide) groups is 1. The molecule has 1 aliphatic heterocycles. The number of amides is 2. The molecule has 7 heteroatoms. The van der Waals surface area contributed by atoms with Gasteiger partial charge in [0, 0.05) is 36.9 Å². The number of nitrogens with zero attached hydrogens (tertiary/aromatic N) is 3. The zero-order chi connectivity index (χ0) is 16.1. The molecule has 2 amide bonds. The molecule has 0 aliphatic carbocycles. The first-order valence-electron chi connectivity index (χ1n) is 7.46. The van der Waals surface area contributed by atoms with E-state index in [1.807, 2.05) is 31.7 Å². The van der Waals surface area contributed by atoms with Gasteiger partial charge in [-0.25, -0.2) is 9.97 Å². The molecule has 0 bridgehead atoms. The molecule has 120 valence electrons. The molecular weight excluding hydrogens is 300 g/mol. The average molecular weight is 322 g/mol. The van der Waals surface area contributed by atoms with Gasteiger partial charge in [-0.3, -0.25) is 9.59 Å². The predicted molar refractivity (Wildman–Crippen MR) is 85.6 cm³/mol. The van der Waals surface area contributed by atoms with Crippen molar-refractivity contribution in [2.45, 2.75) is 44.8 Å². The maximum atomic E-state index is 12.0. The van der Waals surface area contributed by atoms with Gasteiger partial charge in [-0.15, -0.1) is 0 Å². The highest BCUT2D eigenvalue weighted by molar-refractivity contribution is 7.99. The van der Waals surface area contributed by atoms with Crippen molar-refractivity contribution in [1.29, 1.82) is 0 Å². The molecule has 6 nitrogen and oxygen atoms in total. The number of likely N-dealkylation sites (tertiary alicyclic amines) is 1. The van der Waals surface area contributed by atoms with Crippen molar-refractivity contribution >= 4 is 23.6 Å². The smallest absolute Gasteiger partial charge is 0.230 e. The summed E-state index contributed by atoms with van der Waals surface area (Å²) in [7, 11) is 0. The molecule has 2 heterocycles. The third-order valence-corrected chi connectivity index (χ3v) is 4.21. The van der Waals surface area contributed by atoms with Crippen molar-refractivity contribution in [2.24, 2.45) is 0 Å². The van der Waals surface area contributed by atoms with Crippen LogP contribution in [-0.2, 0) is 9.59 Å². The molecule has 1 fully saturated rings. The van der Waals surface area contributed by atoms with Crippen LogP contribution in [0.1, 0.15) is 31.2 Å². The summed E-state index contributed by atoms with van der Waals surface area (Å²) < 4.78 is 0. The van der Waals surface area contributed by atoms with Gasteiger partial charge >= 0.3 is 0 Å². The van der Waals surface area contributed by atoms with Crippen LogP contribution in [0.5, 0.6) is 0 Å². The molecule has 1 N–H and O–H groups in total. The zero-order valence-corrected chi connectivity index (χ0v) is 14.1. The summed E-state index contributed by atoms with van der Waals surface area (Å²) >= 11 is 1.33. The minimum Gasteiger partial charge on any atom is -0.351 e. The number of aromatic nitrogens is 2. The summed E-state index contributed by atoms with van der Waals surface area (Å²) in [6.07, 6.45) is 1.54. The van der Waals surface area contributed by atoms with Crippen molar-refractivity contribution in [3.05, 3.63) is 17.5 Å². The first kappa shape index (κ1) is 16.7. The highest BCUT2D eigenvalue weighted by Crippen LogP contribution is 2.14. The predicted octanol–water partition coefficient (Wildman–Crippen LogP) is 1.31. The number of aryl methyl sites for hydroxylation is 2. The number of carbonyl (C=O) groups excluding carboxylic acids is 2. The second-order valence-electron chi connectivity index (χ2n) is 5.63. The van der Waals surface area contributed by atoms with E-state index < -0.39 is 0 Å². The molecule has 0 spiro atoms. The van der Waals surface area contributed by atoms with Gasteiger partial charge in [0.25, 0.3) is 0 Å². The second-order valence-corrected chi connectivity index (χ2v) is 6.58. The van der Waals surface area contributed by atoms with Crippen molar-refractivity contribution in [1.82, 2.24) is 20.2 Å². The van der Waals surface area contributed by atoms with Crippen molar-refractivity contribution in [2.75, 3.05) is 18.8 Å². The van der Waals surface area contributed by atoms with Gasteiger partial charge in [0.15, 0.2) is 5.16 Å². The highest BCUT2D eigenvalue weighted by Gasteiger charge is 2.22. The zero-order valence-electron chi connectivity index (χ0n) is 13.3. The first-order valence-corrected chi connectivity index (χ1v) is 8.45. The fourth-order valence-electron chi connectivity index (χ4n) is 2.48. The lowest BCUT2D eigenvalue weighted by Gasteiger charge is -2.21. The van der Waals surface area contributed by atoms with E-state index in [2.05, 4.69) is 15.3 Å². The minimum absolute atomic E-state index is 0.0460. The molecule has 0 saturated carbocycles. The molecule has 1 aromatic heterocycles. The Hall–Kier alpha value is -1.63. The lowest BCUT2D eigenvalue weighted by Crippen LogP contribution is -2.43. The molecule has 0 aromatic carbocycles. The SMILES string of the molecule is Cc1cc(C)nc(SCC(=O)N[C@H](C)CN2CCCC2=O)n1. The highest BCUT2D eigenvalue weighted by atomic mass is 32.2. The van der Waals surface area contributed by atoms with Crippen LogP contribution in [0.15, 0.2) is 11.2 Å². The van der Waals surface area contributed by atoms with Gasteiger partial charge < -0.3 is 10.2 Å². The Kier molecular flexibility index (Phi) is 5.76. The number of hydrogen-bond donors (Lipinski definition) is 1. The lowest BCUT2D eigenvalue weighted by molar-refractivity contribution is -0.128. The van der Waals surface area contributed by atoms with E-state index >= 15 is 0 Å². The first-order chi connectivity index (χ1) is 10.4. The molecule has 1 aliphatic rings. The summed E-state index contributed by atoms with van der Waals surface area (Å²) in [5.41, 5.74) is 1.80. The lowest BCUT2D eigenvalue weighted by atomic mass is 10.3. The monoisotopic (exact) mass is 322 g/mol. The van der Waals surface area contributed by atoms with Gasteiger partial charge in [0.1, 0.15) is 0 Å². The topological polar surface area (TPSA) is 75.2 Å². The quantitative estimate of drug-likeness (QED) is 0.631. The summed E-state index contributed by atoms with van der Waals surface area (Å²) in [6.45, 7) is 7.11. The van der Waals surface area contributed by atoms with Crippen LogP contribution in [0.2, 0.25) is 0 Å². The van der Waals surface area contributed by atoms with E-state index in [0.717, 1.165) is 24.4 Å². The molecule has 0 unspecified atom stereocenters. The standard InChI is InChI=1S/C15H22N4O2S/c1-10-7-11(2)18-15(17-10)22-9-13(20)16-12(3)8-19-6-4-5-14(19)21/h7,12H,4-6,8-9H2,1-3H3,(H,16,20)/t12-/m1/s1. The Morgan fingerprint density at radius 2 is 2.09 bits per heavy atom. The Balaban J connectivity index is 1.76. The number of hydrogen-bond acceptors (Lipinski definition) is 5.